The third-order valence-corrected chi connectivity index (χ3v) is 5.61. The standard InChI is InChI=1S/C23H29N5/c1-22(2)13-18(14-23(3,4)27-22)28(5)21-11-10-20(25-26-21)17-12-16-8-6-7-9-19(16)24-15-17/h6-12,15,18,27H,13-14H2,1-5H3. The fraction of sp³-hybridized carbons (Fsp3) is 0.435. The molecule has 5 heteroatoms. The number of fused-ring (bicyclic) bond motifs is 1. The third-order valence-electron chi connectivity index (χ3n) is 5.61. The normalized spacial score (nSPS) is 18.9. The van der Waals surface area contributed by atoms with Gasteiger partial charge in [-0.3, -0.25) is 4.98 Å². The second-order valence-electron chi connectivity index (χ2n) is 9.26. The third kappa shape index (κ3) is 3.85. The average molecular weight is 376 g/mol. The molecule has 0 aliphatic carbocycles. The maximum absolute atomic E-state index is 4.54. The summed E-state index contributed by atoms with van der Waals surface area (Å²) in [6.45, 7) is 9.10. The van der Waals surface area contributed by atoms with Crippen LogP contribution in [0.4, 0.5) is 5.82 Å². The van der Waals surface area contributed by atoms with Gasteiger partial charge in [0, 0.05) is 41.3 Å². The van der Waals surface area contributed by atoms with Gasteiger partial charge in [0.1, 0.15) is 0 Å². The fourth-order valence-corrected chi connectivity index (χ4v) is 4.61. The second-order valence-corrected chi connectivity index (χ2v) is 9.26. The monoisotopic (exact) mass is 375 g/mol. The SMILES string of the molecule is CN(c1ccc(-c2cnc3ccccc3c2)nn1)C1CC(C)(C)NC(C)(C)C1. The molecule has 1 N–H and O–H groups in total. The maximum Gasteiger partial charge on any atom is 0.151 e. The topological polar surface area (TPSA) is 53.9 Å². The molecule has 5 nitrogen and oxygen atoms in total. The summed E-state index contributed by atoms with van der Waals surface area (Å²) in [6.07, 6.45) is 4.02. The molecule has 3 heterocycles. The van der Waals surface area contributed by atoms with Crippen LogP contribution < -0.4 is 10.2 Å². The minimum absolute atomic E-state index is 0.102. The second kappa shape index (κ2) is 6.82. The molecule has 3 aromatic rings. The highest BCUT2D eigenvalue weighted by molar-refractivity contribution is 5.82. The van der Waals surface area contributed by atoms with Crippen molar-refractivity contribution in [3.05, 3.63) is 48.7 Å². The lowest BCUT2D eigenvalue weighted by atomic mass is 9.79. The first-order chi connectivity index (χ1) is 13.2. The van der Waals surface area contributed by atoms with Crippen molar-refractivity contribution in [3.8, 4) is 11.3 Å². The van der Waals surface area contributed by atoms with Crippen molar-refractivity contribution in [2.45, 2.75) is 57.7 Å². The van der Waals surface area contributed by atoms with Crippen LogP contribution in [-0.2, 0) is 0 Å². The largest absolute Gasteiger partial charge is 0.355 e. The zero-order valence-corrected chi connectivity index (χ0v) is 17.4. The molecule has 0 radical (unpaired) electrons. The molecule has 0 saturated carbocycles. The molecule has 0 atom stereocenters. The Hall–Kier alpha value is -2.53. The lowest BCUT2D eigenvalue weighted by Gasteiger charge is -2.49. The smallest absolute Gasteiger partial charge is 0.151 e. The highest BCUT2D eigenvalue weighted by Crippen LogP contribution is 2.32. The molecule has 28 heavy (non-hydrogen) atoms. The Morgan fingerprint density at radius 2 is 1.68 bits per heavy atom. The Labute approximate surface area is 167 Å². The molecular formula is C23H29N5. The van der Waals surface area contributed by atoms with E-state index in [0.29, 0.717) is 6.04 Å². The molecule has 1 fully saturated rings. The van der Waals surface area contributed by atoms with Gasteiger partial charge >= 0.3 is 0 Å². The van der Waals surface area contributed by atoms with Gasteiger partial charge in [0.05, 0.1) is 11.2 Å². The van der Waals surface area contributed by atoms with E-state index in [-0.39, 0.29) is 11.1 Å². The summed E-state index contributed by atoms with van der Waals surface area (Å²) in [5, 5.41) is 13.9. The lowest BCUT2D eigenvalue weighted by Crippen LogP contribution is -2.62. The molecule has 146 valence electrons. The Bertz CT molecular complexity index is 962. The maximum atomic E-state index is 4.54. The van der Waals surface area contributed by atoms with Gasteiger partial charge in [0.2, 0.25) is 0 Å². The van der Waals surface area contributed by atoms with Gasteiger partial charge in [-0.25, -0.2) is 0 Å². The number of para-hydroxylation sites is 1. The van der Waals surface area contributed by atoms with Gasteiger partial charge in [-0.05, 0) is 64.8 Å². The minimum Gasteiger partial charge on any atom is -0.355 e. The number of piperidine rings is 1. The highest BCUT2D eigenvalue weighted by atomic mass is 15.3. The van der Waals surface area contributed by atoms with Crippen molar-refractivity contribution in [3.63, 3.8) is 0 Å². The summed E-state index contributed by atoms with van der Waals surface area (Å²) in [5.74, 6) is 0.913. The van der Waals surface area contributed by atoms with Gasteiger partial charge < -0.3 is 10.2 Å². The Morgan fingerprint density at radius 3 is 2.36 bits per heavy atom. The molecule has 1 aromatic carbocycles. The number of benzene rings is 1. The van der Waals surface area contributed by atoms with Crippen molar-refractivity contribution in [2.75, 3.05) is 11.9 Å². The Morgan fingerprint density at radius 1 is 0.964 bits per heavy atom. The number of hydrogen-bond acceptors (Lipinski definition) is 5. The number of nitrogens with zero attached hydrogens (tertiary/aromatic N) is 4. The Balaban J connectivity index is 1.57. The van der Waals surface area contributed by atoms with Crippen LogP contribution in [0.3, 0.4) is 0 Å². The molecular weight excluding hydrogens is 346 g/mol. The number of nitrogens with one attached hydrogen (secondary N) is 1. The van der Waals surface area contributed by atoms with Crippen molar-refractivity contribution < 1.29 is 0 Å². The number of aromatic nitrogens is 3. The molecule has 4 rings (SSSR count). The molecule has 0 unspecified atom stereocenters. The minimum atomic E-state index is 0.102. The van der Waals surface area contributed by atoms with Crippen LogP contribution in [0.2, 0.25) is 0 Å². The summed E-state index contributed by atoms with van der Waals surface area (Å²) in [6, 6.07) is 14.8. The van der Waals surface area contributed by atoms with Crippen LogP contribution in [0.5, 0.6) is 0 Å². The van der Waals surface area contributed by atoms with E-state index in [1.54, 1.807) is 0 Å². The van der Waals surface area contributed by atoms with Gasteiger partial charge in [-0.1, -0.05) is 18.2 Å². The number of rotatable bonds is 3. The average Bonchev–Trinajstić information content (AvgIpc) is 2.65. The Kier molecular flexibility index (Phi) is 4.58. The van der Waals surface area contributed by atoms with E-state index in [4.69, 9.17) is 0 Å². The van der Waals surface area contributed by atoms with E-state index >= 15 is 0 Å². The molecule has 1 saturated heterocycles. The van der Waals surface area contributed by atoms with E-state index in [1.165, 1.54) is 0 Å². The lowest BCUT2D eigenvalue weighted by molar-refractivity contribution is 0.160. The predicted octanol–water partition coefficient (Wildman–Crippen LogP) is 4.44. The van der Waals surface area contributed by atoms with Gasteiger partial charge in [-0.15, -0.1) is 10.2 Å². The van der Waals surface area contributed by atoms with Gasteiger partial charge in [0.15, 0.2) is 5.82 Å². The fourth-order valence-electron chi connectivity index (χ4n) is 4.61. The van der Waals surface area contributed by atoms with Gasteiger partial charge in [-0.2, -0.15) is 0 Å². The number of hydrogen-bond donors (Lipinski definition) is 1. The molecule has 0 amide bonds. The van der Waals surface area contributed by atoms with Crippen LogP contribution in [0.25, 0.3) is 22.2 Å². The molecule has 0 bridgehead atoms. The zero-order valence-electron chi connectivity index (χ0n) is 17.4. The summed E-state index contributed by atoms with van der Waals surface area (Å²) in [5.41, 5.74) is 3.04. The van der Waals surface area contributed by atoms with Crippen LogP contribution >= 0.6 is 0 Å². The molecule has 1 aliphatic rings. The first kappa shape index (κ1) is 18.8. The van der Waals surface area contributed by atoms with E-state index < -0.39 is 0 Å². The highest BCUT2D eigenvalue weighted by Gasteiger charge is 2.39. The number of pyridine rings is 1. The van der Waals surface area contributed by atoms with Crippen molar-refractivity contribution in [1.82, 2.24) is 20.5 Å². The van der Waals surface area contributed by atoms with E-state index in [2.05, 4.69) is 78.3 Å². The number of anilines is 1. The quantitative estimate of drug-likeness (QED) is 0.733. The molecule has 1 aliphatic heterocycles. The van der Waals surface area contributed by atoms with Crippen LogP contribution in [-0.4, -0.2) is 39.3 Å². The van der Waals surface area contributed by atoms with Crippen LogP contribution in [0.1, 0.15) is 40.5 Å². The molecule has 0 spiro atoms. The summed E-state index contributed by atoms with van der Waals surface area (Å²) in [7, 11) is 2.13. The van der Waals surface area contributed by atoms with E-state index in [9.17, 15) is 0 Å². The van der Waals surface area contributed by atoms with Crippen LogP contribution in [0.15, 0.2) is 48.7 Å². The summed E-state index contributed by atoms with van der Waals surface area (Å²) < 4.78 is 0. The summed E-state index contributed by atoms with van der Waals surface area (Å²) >= 11 is 0. The van der Waals surface area contributed by atoms with E-state index in [1.807, 2.05) is 30.5 Å². The van der Waals surface area contributed by atoms with Crippen LogP contribution in [0, 0.1) is 0 Å². The van der Waals surface area contributed by atoms with Gasteiger partial charge in [0.25, 0.3) is 0 Å². The summed E-state index contributed by atoms with van der Waals surface area (Å²) in [4.78, 5) is 6.81. The zero-order chi connectivity index (χ0) is 19.9. The van der Waals surface area contributed by atoms with E-state index in [0.717, 1.165) is 40.8 Å². The first-order valence-electron chi connectivity index (χ1n) is 9.94. The van der Waals surface area contributed by atoms with Crippen molar-refractivity contribution in [2.24, 2.45) is 0 Å². The van der Waals surface area contributed by atoms with Crippen molar-refractivity contribution in [1.29, 1.82) is 0 Å². The molecule has 2 aromatic heterocycles. The first-order valence-corrected chi connectivity index (χ1v) is 9.94. The predicted molar refractivity (Wildman–Crippen MR) is 115 cm³/mol. The van der Waals surface area contributed by atoms with Crippen molar-refractivity contribution >= 4 is 16.7 Å².